The second-order valence-corrected chi connectivity index (χ2v) is 7.82. The molecular formula is C17H22BrNS. The molecule has 0 radical (unpaired) electrons. The summed E-state index contributed by atoms with van der Waals surface area (Å²) in [4.78, 5) is 1.41. The first-order chi connectivity index (χ1) is 9.49. The Morgan fingerprint density at radius 1 is 1.10 bits per heavy atom. The molecule has 0 saturated heterocycles. The Labute approximate surface area is 134 Å². The highest BCUT2D eigenvalue weighted by Gasteiger charge is 2.15. The maximum atomic E-state index is 3.63. The van der Waals surface area contributed by atoms with Crippen molar-refractivity contribution in [3.8, 4) is 0 Å². The van der Waals surface area contributed by atoms with Gasteiger partial charge in [-0.15, -0.1) is 11.3 Å². The van der Waals surface area contributed by atoms with E-state index in [0.29, 0.717) is 6.04 Å². The van der Waals surface area contributed by atoms with Crippen molar-refractivity contribution in [2.24, 2.45) is 0 Å². The minimum Gasteiger partial charge on any atom is -0.309 e. The van der Waals surface area contributed by atoms with Gasteiger partial charge in [-0.05, 0) is 66.9 Å². The third kappa shape index (κ3) is 3.94. The average molecular weight is 352 g/mol. The summed E-state index contributed by atoms with van der Waals surface area (Å²) in [6, 6.07) is 9.53. The minimum atomic E-state index is 0.399. The molecular weight excluding hydrogens is 330 g/mol. The van der Waals surface area contributed by atoms with Crippen molar-refractivity contribution in [2.45, 2.75) is 40.2 Å². The Bertz CT molecular complexity index is 549. The second kappa shape index (κ2) is 6.88. The smallest absolute Gasteiger partial charge is 0.0731 e. The van der Waals surface area contributed by atoms with Crippen molar-refractivity contribution in [3.63, 3.8) is 0 Å². The summed E-state index contributed by atoms with van der Waals surface area (Å²) >= 11 is 5.48. The van der Waals surface area contributed by atoms with Crippen LogP contribution in [0, 0.1) is 20.8 Å². The molecule has 0 aliphatic rings. The van der Waals surface area contributed by atoms with Gasteiger partial charge in [0.05, 0.1) is 3.79 Å². The molecule has 0 aliphatic heterocycles. The van der Waals surface area contributed by atoms with Crippen LogP contribution in [-0.4, -0.2) is 6.54 Å². The van der Waals surface area contributed by atoms with Crippen molar-refractivity contribution >= 4 is 27.3 Å². The summed E-state index contributed by atoms with van der Waals surface area (Å²) in [5, 5.41) is 3.62. The van der Waals surface area contributed by atoms with Gasteiger partial charge in [0, 0.05) is 10.9 Å². The normalized spacial score (nSPS) is 12.7. The molecule has 1 unspecified atom stereocenters. The molecule has 2 aromatic rings. The molecule has 0 aliphatic carbocycles. The van der Waals surface area contributed by atoms with Gasteiger partial charge < -0.3 is 5.32 Å². The first kappa shape index (κ1) is 15.7. The van der Waals surface area contributed by atoms with Crippen LogP contribution in [0.15, 0.2) is 28.1 Å². The van der Waals surface area contributed by atoms with Gasteiger partial charge in [0.1, 0.15) is 0 Å². The number of hydrogen-bond donors (Lipinski definition) is 1. The molecule has 2 rings (SSSR count). The average Bonchev–Trinajstić information content (AvgIpc) is 2.68. The standard InChI is InChI=1S/C17H22BrNS/c1-5-19-15(16-9-13(4)17(18)20-16)10-14-7-11(2)6-12(3)8-14/h6-9,15,19H,5,10H2,1-4H3. The van der Waals surface area contributed by atoms with Crippen molar-refractivity contribution in [3.05, 3.63) is 55.2 Å². The molecule has 0 amide bonds. The zero-order valence-electron chi connectivity index (χ0n) is 12.6. The first-order valence-corrected chi connectivity index (χ1v) is 8.67. The minimum absolute atomic E-state index is 0.399. The molecule has 1 heterocycles. The maximum Gasteiger partial charge on any atom is 0.0731 e. The van der Waals surface area contributed by atoms with Gasteiger partial charge in [0.2, 0.25) is 0 Å². The number of aryl methyl sites for hydroxylation is 3. The van der Waals surface area contributed by atoms with Crippen LogP contribution in [0.3, 0.4) is 0 Å². The Morgan fingerprint density at radius 2 is 1.75 bits per heavy atom. The fourth-order valence-electron chi connectivity index (χ4n) is 2.60. The molecule has 1 aromatic carbocycles. The van der Waals surface area contributed by atoms with Crippen LogP contribution in [0.2, 0.25) is 0 Å². The van der Waals surface area contributed by atoms with E-state index in [1.54, 1.807) is 0 Å². The van der Waals surface area contributed by atoms with Gasteiger partial charge in [-0.3, -0.25) is 0 Å². The van der Waals surface area contributed by atoms with Gasteiger partial charge >= 0.3 is 0 Å². The fraction of sp³-hybridized carbons (Fsp3) is 0.412. The van der Waals surface area contributed by atoms with Crippen LogP contribution in [-0.2, 0) is 6.42 Å². The van der Waals surface area contributed by atoms with Crippen LogP contribution in [0.1, 0.15) is 40.1 Å². The summed E-state index contributed by atoms with van der Waals surface area (Å²) < 4.78 is 1.25. The van der Waals surface area contributed by atoms with E-state index in [1.165, 1.54) is 30.9 Å². The van der Waals surface area contributed by atoms with Gasteiger partial charge in [0.15, 0.2) is 0 Å². The number of hydrogen-bond acceptors (Lipinski definition) is 2. The van der Waals surface area contributed by atoms with E-state index in [9.17, 15) is 0 Å². The topological polar surface area (TPSA) is 12.0 Å². The highest BCUT2D eigenvalue weighted by molar-refractivity contribution is 9.11. The van der Waals surface area contributed by atoms with Gasteiger partial charge in [-0.1, -0.05) is 36.2 Å². The molecule has 0 bridgehead atoms. The fourth-order valence-corrected chi connectivity index (χ4v) is 4.24. The monoisotopic (exact) mass is 351 g/mol. The van der Waals surface area contributed by atoms with Gasteiger partial charge in [-0.25, -0.2) is 0 Å². The molecule has 1 nitrogen and oxygen atoms in total. The zero-order chi connectivity index (χ0) is 14.7. The van der Waals surface area contributed by atoms with Crippen molar-refractivity contribution in [2.75, 3.05) is 6.54 Å². The van der Waals surface area contributed by atoms with E-state index in [1.807, 2.05) is 11.3 Å². The number of halogens is 1. The predicted molar refractivity (Wildman–Crippen MR) is 92.8 cm³/mol. The summed E-state index contributed by atoms with van der Waals surface area (Å²) in [6.45, 7) is 9.66. The van der Waals surface area contributed by atoms with E-state index < -0.39 is 0 Å². The number of rotatable bonds is 5. The Hall–Kier alpha value is -0.640. The van der Waals surface area contributed by atoms with E-state index in [2.05, 4.69) is 73.2 Å². The number of benzene rings is 1. The number of nitrogens with one attached hydrogen (secondary N) is 1. The van der Waals surface area contributed by atoms with Gasteiger partial charge in [0.25, 0.3) is 0 Å². The molecule has 1 aromatic heterocycles. The quantitative estimate of drug-likeness (QED) is 0.767. The molecule has 20 heavy (non-hydrogen) atoms. The van der Waals surface area contributed by atoms with Crippen LogP contribution in [0.4, 0.5) is 0 Å². The maximum absolute atomic E-state index is 3.63. The van der Waals surface area contributed by atoms with E-state index >= 15 is 0 Å². The predicted octanol–water partition coefficient (Wildman–Crippen LogP) is 5.33. The van der Waals surface area contributed by atoms with Crippen molar-refractivity contribution in [1.29, 1.82) is 0 Å². The second-order valence-electron chi connectivity index (χ2n) is 5.42. The largest absolute Gasteiger partial charge is 0.309 e. The highest BCUT2D eigenvalue weighted by atomic mass is 79.9. The molecule has 0 spiro atoms. The van der Waals surface area contributed by atoms with Crippen LogP contribution < -0.4 is 5.32 Å². The van der Waals surface area contributed by atoms with E-state index in [0.717, 1.165) is 13.0 Å². The molecule has 3 heteroatoms. The summed E-state index contributed by atoms with van der Waals surface area (Å²) in [7, 11) is 0. The van der Waals surface area contributed by atoms with E-state index in [-0.39, 0.29) is 0 Å². The van der Waals surface area contributed by atoms with Crippen molar-refractivity contribution in [1.82, 2.24) is 5.32 Å². The van der Waals surface area contributed by atoms with Gasteiger partial charge in [-0.2, -0.15) is 0 Å². The number of likely N-dealkylation sites (N-methyl/N-ethyl adjacent to an activating group) is 1. The summed E-state index contributed by atoms with van der Waals surface area (Å²) in [6.07, 6.45) is 1.04. The molecule has 0 fully saturated rings. The highest BCUT2D eigenvalue weighted by Crippen LogP contribution is 2.33. The summed E-state index contributed by atoms with van der Waals surface area (Å²) in [5.74, 6) is 0. The Kier molecular flexibility index (Phi) is 5.42. The lowest BCUT2D eigenvalue weighted by atomic mass is 10.00. The lowest BCUT2D eigenvalue weighted by Gasteiger charge is -2.17. The van der Waals surface area contributed by atoms with Crippen LogP contribution in [0.5, 0.6) is 0 Å². The molecule has 1 N–H and O–H groups in total. The summed E-state index contributed by atoms with van der Waals surface area (Å²) in [5.41, 5.74) is 5.43. The lowest BCUT2D eigenvalue weighted by Crippen LogP contribution is -2.22. The lowest BCUT2D eigenvalue weighted by molar-refractivity contribution is 0.558. The molecule has 1 atom stereocenters. The third-order valence-corrected chi connectivity index (χ3v) is 5.64. The Morgan fingerprint density at radius 3 is 2.25 bits per heavy atom. The zero-order valence-corrected chi connectivity index (χ0v) is 15.0. The third-order valence-electron chi connectivity index (χ3n) is 3.39. The number of thiophene rings is 1. The SMILES string of the molecule is CCNC(Cc1cc(C)cc(C)c1)c1cc(C)c(Br)s1. The Balaban J connectivity index is 2.24. The van der Waals surface area contributed by atoms with Crippen molar-refractivity contribution < 1.29 is 0 Å². The molecule has 108 valence electrons. The van der Waals surface area contributed by atoms with Crippen LogP contribution >= 0.6 is 27.3 Å². The first-order valence-electron chi connectivity index (χ1n) is 7.06. The van der Waals surface area contributed by atoms with E-state index in [4.69, 9.17) is 0 Å². The van der Waals surface area contributed by atoms with Crippen LogP contribution in [0.25, 0.3) is 0 Å². The molecule has 0 saturated carbocycles.